The van der Waals surface area contributed by atoms with Gasteiger partial charge < -0.3 is 11.1 Å². The molecule has 3 N–H and O–H groups in total. The van der Waals surface area contributed by atoms with Crippen molar-refractivity contribution in [2.24, 2.45) is 0 Å². The number of benzene rings is 1. The molecule has 0 fully saturated rings. The number of rotatable bonds is 4. The minimum Gasteiger partial charge on any atom is -0.383 e. The number of nitrogens with one attached hydrogen (secondary N) is 1. The number of carbonyl (C=O) groups excluding carboxylic acids is 1. The summed E-state index contributed by atoms with van der Waals surface area (Å²) in [4.78, 5) is 23.3. The van der Waals surface area contributed by atoms with Gasteiger partial charge in [-0.1, -0.05) is 17.8 Å². The van der Waals surface area contributed by atoms with E-state index in [0.717, 1.165) is 34.3 Å². The lowest BCUT2D eigenvalue weighted by molar-refractivity contribution is -0.113. The van der Waals surface area contributed by atoms with Crippen LogP contribution in [-0.2, 0) is 17.6 Å². The van der Waals surface area contributed by atoms with Crippen LogP contribution in [0.3, 0.4) is 0 Å². The minimum absolute atomic E-state index is 0.0613. The number of aromatic nitrogens is 2. The van der Waals surface area contributed by atoms with Gasteiger partial charge in [0.1, 0.15) is 10.6 Å². The number of thiophene rings is 1. The highest BCUT2D eigenvalue weighted by Crippen LogP contribution is 2.33. The lowest BCUT2D eigenvalue weighted by Crippen LogP contribution is -2.14. The van der Waals surface area contributed by atoms with Crippen LogP contribution < -0.4 is 11.1 Å². The van der Waals surface area contributed by atoms with E-state index in [1.165, 1.54) is 34.2 Å². The SMILES string of the molecule is Cc1sc2nc(SCC(=O)Nc3ccc4c(c3)CCC4)nc(N)c2c1C. The van der Waals surface area contributed by atoms with Crippen molar-refractivity contribution in [3.8, 4) is 0 Å². The number of carbonyl (C=O) groups is 1. The fourth-order valence-electron chi connectivity index (χ4n) is 3.30. The summed E-state index contributed by atoms with van der Waals surface area (Å²) in [5.41, 5.74) is 10.8. The van der Waals surface area contributed by atoms with Crippen molar-refractivity contribution in [1.82, 2.24) is 9.97 Å². The zero-order valence-electron chi connectivity index (χ0n) is 14.8. The molecule has 5 nitrogen and oxygen atoms in total. The van der Waals surface area contributed by atoms with Crippen molar-refractivity contribution in [1.29, 1.82) is 0 Å². The summed E-state index contributed by atoms with van der Waals surface area (Å²) in [5, 5.41) is 4.43. The third kappa shape index (κ3) is 3.29. The summed E-state index contributed by atoms with van der Waals surface area (Å²) < 4.78 is 0. The summed E-state index contributed by atoms with van der Waals surface area (Å²) in [6, 6.07) is 6.18. The summed E-state index contributed by atoms with van der Waals surface area (Å²) in [6.45, 7) is 4.09. The predicted molar refractivity (Wildman–Crippen MR) is 109 cm³/mol. The van der Waals surface area contributed by atoms with Crippen LogP contribution in [0.4, 0.5) is 11.5 Å². The first-order valence-corrected chi connectivity index (χ1v) is 10.4. The topological polar surface area (TPSA) is 80.9 Å². The van der Waals surface area contributed by atoms with Crippen molar-refractivity contribution < 1.29 is 4.79 Å². The number of amides is 1. The highest BCUT2D eigenvalue weighted by molar-refractivity contribution is 7.99. The molecule has 0 bridgehead atoms. The molecule has 4 rings (SSSR count). The molecular formula is C19H20N4OS2. The van der Waals surface area contributed by atoms with E-state index < -0.39 is 0 Å². The minimum atomic E-state index is -0.0613. The second-order valence-electron chi connectivity index (χ2n) is 6.53. The first kappa shape index (κ1) is 17.3. The number of fused-ring (bicyclic) bond motifs is 2. The van der Waals surface area contributed by atoms with Gasteiger partial charge in [-0.15, -0.1) is 11.3 Å². The number of hydrogen-bond donors (Lipinski definition) is 2. The average molecular weight is 385 g/mol. The molecule has 0 spiro atoms. The maximum Gasteiger partial charge on any atom is 0.234 e. The molecule has 0 saturated heterocycles. The second-order valence-corrected chi connectivity index (χ2v) is 8.67. The Hall–Kier alpha value is -2.12. The van der Waals surface area contributed by atoms with Gasteiger partial charge in [0, 0.05) is 10.6 Å². The predicted octanol–water partition coefficient (Wildman–Crippen LogP) is 4.11. The van der Waals surface area contributed by atoms with E-state index in [2.05, 4.69) is 34.3 Å². The fraction of sp³-hybridized carbons (Fsp3) is 0.316. The smallest absolute Gasteiger partial charge is 0.234 e. The Bertz CT molecular complexity index is 1010. The fourth-order valence-corrected chi connectivity index (χ4v) is 5.05. The zero-order valence-corrected chi connectivity index (χ0v) is 16.4. The molecule has 2 heterocycles. The molecule has 1 aliphatic carbocycles. The summed E-state index contributed by atoms with van der Waals surface area (Å²) in [5.74, 6) is 0.679. The molecule has 0 unspecified atom stereocenters. The van der Waals surface area contributed by atoms with Gasteiger partial charge in [0.25, 0.3) is 0 Å². The third-order valence-corrected chi connectivity index (χ3v) is 6.70. The Labute approximate surface area is 160 Å². The van der Waals surface area contributed by atoms with Crippen molar-refractivity contribution in [3.05, 3.63) is 39.8 Å². The lowest BCUT2D eigenvalue weighted by atomic mass is 10.1. The van der Waals surface area contributed by atoms with Crippen LogP contribution in [0.25, 0.3) is 10.2 Å². The van der Waals surface area contributed by atoms with Gasteiger partial charge >= 0.3 is 0 Å². The Morgan fingerprint density at radius 3 is 2.92 bits per heavy atom. The van der Waals surface area contributed by atoms with Crippen LogP contribution in [-0.4, -0.2) is 21.6 Å². The van der Waals surface area contributed by atoms with Gasteiger partial charge in [0.2, 0.25) is 5.91 Å². The van der Waals surface area contributed by atoms with Crippen molar-refractivity contribution >= 4 is 50.7 Å². The van der Waals surface area contributed by atoms with Crippen molar-refractivity contribution in [2.75, 3.05) is 16.8 Å². The van der Waals surface area contributed by atoms with Crippen LogP contribution in [0.2, 0.25) is 0 Å². The standard InChI is InChI=1S/C19H20N4OS2/c1-10-11(2)26-18-16(10)17(20)22-19(23-18)25-9-15(24)21-14-7-6-12-4-3-5-13(12)8-14/h6-8H,3-5,9H2,1-2H3,(H,21,24)(H2,20,22,23). The van der Waals surface area contributed by atoms with Gasteiger partial charge in [-0.25, -0.2) is 9.97 Å². The molecule has 0 radical (unpaired) electrons. The molecule has 1 amide bonds. The number of nitrogen functional groups attached to an aromatic ring is 1. The molecular weight excluding hydrogens is 364 g/mol. The molecule has 0 aliphatic heterocycles. The molecule has 2 aromatic heterocycles. The number of thioether (sulfide) groups is 1. The van der Waals surface area contributed by atoms with Gasteiger partial charge in [-0.05, 0) is 61.9 Å². The molecule has 0 saturated carbocycles. The number of nitrogens with two attached hydrogens (primary N) is 1. The average Bonchev–Trinajstić information content (AvgIpc) is 3.17. The third-order valence-electron chi connectivity index (χ3n) is 4.75. The highest BCUT2D eigenvalue weighted by Gasteiger charge is 2.15. The van der Waals surface area contributed by atoms with Crippen LogP contribution in [0.15, 0.2) is 23.4 Å². The number of nitrogens with zero attached hydrogens (tertiary/aromatic N) is 2. The van der Waals surface area contributed by atoms with E-state index in [1.807, 2.05) is 13.0 Å². The maximum atomic E-state index is 12.3. The van der Waals surface area contributed by atoms with E-state index in [0.29, 0.717) is 11.0 Å². The first-order valence-electron chi connectivity index (χ1n) is 8.59. The Kier molecular flexibility index (Phi) is 4.58. The summed E-state index contributed by atoms with van der Waals surface area (Å²) >= 11 is 2.92. The van der Waals surface area contributed by atoms with Crippen LogP contribution in [0.1, 0.15) is 28.0 Å². The van der Waals surface area contributed by atoms with Gasteiger partial charge in [-0.3, -0.25) is 4.79 Å². The largest absolute Gasteiger partial charge is 0.383 e. The van der Waals surface area contributed by atoms with Crippen LogP contribution >= 0.6 is 23.1 Å². The molecule has 7 heteroatoms. The molecule has 0 atom stereocenters. The molecule has 3 aromatic rings. The lowest BCUT2D eigenvalue weighted by Gasteiger charge is -2.07. The van der Waals surface area contributed by atoms with E-state index >= 15 is 0 Å². The first-order chi connectivity index (χ1) is 12.5. The number of aryl methyl sites for hydroxylation is 4. The van der Waals surface area contributed by atoms with E-state index in [-0.39, 0.29) is 11.7 Å². The molecule has 26 heavy (non-hydrogen) atoms. The van der Waals surface area contributed by atoms with Crippen LogP contribution in [0.5, 0.6) is 0 Å². The van der Waals surface area contributed by atoms with E-state index in [9.17, 15) is 4.79 Å². The summed E-state index contributed by atoms with van der Waals surface area (Å²) in [6.07, 6.45) is 3.44. The van der Waals surface area contributed by atoms with Gasteiger partial charge in [0.05, 0.1) is 11.1 Å². The van der Waals surface area contributed by atoms with Gasteiger partial charge in [-0.2, -0.15) is 0 Å². The van der Waals surface area contributed by atoms with E-state index in [1.54, 1.807) is 11.3 Å². The number of hydrogen-bond acceptors (Lipinski definition) is 6. The Morgan fingerprint density at radius 1 is 1.27 bits per heavy atom. The molecule has 134 valence electrons. The summed E-state index contributed by atoms with van der Waals surface area (Å²) in [7, 11) is 0. The Balaban J connectivity index is 1.43. The molecule has 1 aromatic carbocycles. The Morgan fingerprint density at radius 2 is 2.08 bits per heavy atom. The maximum absolute atomic E-state index is 12.3. The highest BCUT2D eigenvalue weighted by atomic mass is 32.2. The monoisotopic (exact) mass is 384 g/mol. The zero-order chi connectivity index (χ0) is 18.3. The van der Waals surface area contributed by atoms with Gasteiger partial charge in [0.15, 0.2) is 5.16 Å². The quantitative estimate of drug-likeness (QED) is 0.523. The second kappa shape index (κ2) is 6.89. The number of anilines is 2. The van der Waals surface area contributed by atoms with Crippen molar-refractivity contribution in [2.45, 2.75) is 38.3 Å². The van der Waals surface area contributed by atoms with E-state index in [4.69, 9.17) is 5.73 Å². The molecule has 1 aliphatic rings. The van der Waals surface area contributed by atoms with Crippen LogP contribution in [0, 0.1) is 13.8 Å². The normalized spacial score (nSPS) is 13.2. The van der Waals surface area contributed by atoms with Crippen molar-refractivity contribution in [3.63, 3.8) is 0 Å².